The lowest BCUT2D eigenvalue weighted by Crippen LogP contribution is -2.24. The molecule has 1 saturated carbocycles. The van der Waals surface area contributed by atoms with Crippen LogP contribution in [-0.2, 0) is 0 Å². The van der Waals surface area contributed by atoms with Gasteiger partial charge in [-0.2, -0.15) is 0 Å². The monoisotopic (exact) mass is 308 g/mol. The maximum Gasteiger partial charge on any atom is 0.323 e. The van der Waals surface area contributed by atoms with E-state index in [2.05, 4.69) is 33.5 Å². The van der Waals surface area contributed by atoms with Crippen molar-refractivity contribution in [2.24, 2.45) is 5.92 Å². The zero-order chi connectivity index (χ0) is 13.1. The van der Waals surface area contributed by atoms with Crippen molar-refractivity contribution in [2.45, 2.75) is 26.7 Å². The molecule has 0 atom stereocenters. The van der Waals surface area contributed by atoms with Gasteiger partial charge >= 0.3 is 6.03 Å². The molecule has 0 aromatic heterocycles. The molecule has 2 rings (SSSR count). The number of hydrogen-bond acceptors (Lipinski definition) is 1. The molecule has 1 aromatic rings. The van der Waals surface area contributed by atoms with E-state index in [1.807, 2.05) is 25.1 Å². The van der Waals surface area contributed by atoms with E-state index in [-0.39, 0.29) is 6.03 Å². The quantitative estimate of drug-likeness (QED) is 0.863. The predicted molar refractivity (Wildman–Crippen MR) is 77.5 cm³/mol. The average molecular weight is 309 g/mol. The Morgan fingerprint density at radius 1 is 1.44 bits per heavy atom. The molecule has 0 aliphatic heterocycles. The zero-order valence-corrected chi connectivity index (χ0v) is 12.2. The van der Waals surface area contributed by atoms with Crippen LogP contribution in [0.3, 0.4) is 0 Å². The number of benzene rings is 1. The van der Waals surface area contributed by atoms with Crippen LogP contribution in [0.4, 0.5) is 10.5 Å². The van der Waals surface area contributed by atoms with Crippen LogP contribution in [0.2, 0.25) is 0 Å². The molecule has 0 saturated heterocycles. The molecule has 4 heteroatoms. The highest BCUT2D eigenvalue weighted by molar-refractivity contribution is 9.10. The van der Waals surface area contributed by atoms with Gasteiger partial charge in [-0.05, 0) is 56.4 Å². The average Bonchev–Trinajstić information content (AvgIpc) is 3.15. The number of hydrogen-bond donors (Lipinski definition) is 2. The van der Waals surface area contributed by atoms with Crippen molar-refractivity contribution < 1.29 is 4.79 Å². The zero-order valence-electron chi connectivity index (χ0n) is 10.6. The Morgan fingerprint density at radius 3 is 2.78 bits per heavy atom. The van der Waals surface area contributed by atoms with E-state index >= 15 is 0 Å². The van der Waals surface area contributed by atoms with Gasteiger partial charge in [0.15, 0.2) is 0 Å². The Balaban J connectivity index is 1.90. The summed E-state index contributed by atoms with van der Waals surface area (Å²) >= 11 is 3.43. The summed E-state index contributed by atoms with van der Waals surface area (Å²) < 4.78 is 1.04. The molecular weight excluding hydrogens is 292 g/mol. The Hall–Kier alpha value is -1.29. The molecule has 1 aromatic carbocycles. The number of carbonyl (C=O) groups is 1. The minimum atomic E-state index is -0.197. The van der Waals surface area contributed by atoms with E-state index in [0.717, 1.165) is 15.7 Å². The molecule has 0 bridgehead atoms. The smallest absolute Gasteiger partial charge is 0.314 e. The second-order valence-electron chi connectivity index (χ2n) is 4.73. The summed E-state index contributed by atoms with van der Waals surface area (Å²) in [6.07, 6.45) is 4.30. The van der Waals surface area contributed by atoms with Crippen LogP contribution in [0.5, 0.6) is 0 Å². The Kier molecular flexibility index (Phi) is 4.07. The Bertz CT molecular complexity index is 493. The molecule has 0 spiro atoms. The van der Waals surface area contributed by atoms with Crippen LogP contribution < -0.4 is 10.6 Å². The van der Waals surface area contributed by atoms with Gasteiger partial charge in [-0.25, -0.2) is 4.79 Å². The van der Waals surface area contributed by atoms with E-state index in [1.165, 1.54) is 18.4 Å². The SMILES string of the molecule is C/C(=C\NC(=O)Nc1ccc(Br)c(C)c1)C1CC1. The number of rotatable bonds is 3. The first-order valence-corrected chi connectivity index (χ1v) is 6.86. The van der Waals surface area contributed by atoms with Crippen LogP contribution >= 0.6 is 15.9 Å². The van der Waals surface area contributed by atoms with Crippen LogP contribution in [0, 0.1) is 12.8 Å². The van der Waals surface area contributed by atoms with Crippen molar-refractivity contribution in [3.8, 4) is 0 Å². The predicted octanol–water partition coefficient (Wildman–Crippen LogP) is 4.19. The summed E-state index contributed by atoms with van der Waals surface area (Å²) in [4.78, 5) is 11.7. The summed E-state index contributed by atoms with van der Waals surface area (Å²) in [5.74, 6) is 0.681. The first-order chi connectivity index (χ1) is 8.56. The van der Waals surface area contributed by atoms with Crippen LogP contribution in [-0.4, -0.2) is 6.03 Å². The first-order valence-electron chi connectivity index (χ1n) is 6.06. The van der Waals surface area contributed by atoms with Crippen LogP contribution in [0.25, 0.3) is 0 Å². The van der Waals surface area contributed by atoms with Gasteiger partial charge < -0.3 is 10.6 Å². The molecule has 18 heavy (non-hydrogen) atoms. The standard InChI is InChI=1S/C14H17BrN2O/c1-9-7-12(5-6-13(9)15)17-14(18)16-8-10(2)11-3-4-11/h5-8,11H,3-4H2,1-2H3,(H2,16,17,18)/b10-8+. The molecule has 0 unspecified atom stereocenters. The summed E-state index contributed by atoms with van der Waals surface area (Å²) in [5, 5.41) is 5.57. The van der Waals surface area contributed by atoms with E-state index in [0.29, 0.717) is 5.92 Å². The van der Waals surface area contributed by atoms with Gasteiger partial charge in [-0.3, -0.25) is 0 Å². The lowest BCUT2D eigenvalue weighted by atomic mass is 10.2. The number of anilines is 1. The third-order valence-electron chi connectivity index (χ3n) is 3.07. The van der Waals surface area contributed by atoms with Crippen molar-refractivity contribution in [3.63, 3.8) is 0 Å². The summed E-state index contributed by atoms with van der Waals surface area (Å²) in [5.41, 5.74) is 3.14. The molecular formula is C14H17BrN2O. The fourth-order valence-electron chi connectivity index (χ4n) is 1.73. The van der Waals surface area contributed by atoms with E-state index < -0.39 is 0 Å². The highest BCUT2D eigenvalue weighted by atomic mass is 79.9. The lowest BCUT2D eigenvalue weighted by Gasteiger charge is -2.07. The van der Waals surface area contributed by atoms with Gasteiger partial charge in [0.05, 0.1) is 0 Å². The molecule has 3 nitrogen and oxygen atoms in total. The second-order valence-corrected chi connectivity index (χ2v) is 5.58. The number of carbonyl (C=O) groups excluding carboxylic acids is 1. The summed E-state index contributed by atoms with van der Waals surface area (Å²) in [6.45, 7) is 4.05. The largest absolute Gasteiger partial charge is 0.323 e. The maximum atomic E-state index is 11.7. The molecule has 2 amide bonds. The van der Waals surface area contributed by atoms with Crippen molar-refractivity contribution in [2.75, 3.05) is 5.32 Å². The summed E-state index contributed by atoms with van der Waals surface area (Å²) in [7, 11) is 0. The minimum absolute atomic E-state index is 0.197. The Morgan fingerprint density at radius 2 is 2.17 bits per heavy atom. The maximum absolute atomic E-state index is 11.7. The second kappa shape index (κ2) is 5.57. The fourth-order valence-corrected chi connectivity index (χ4v) is 1.97. The van der Waals surface area contributed by atoms with Crippen molar-refractivity contribution in [1.29, 1.82) is 0 Å². The molecule has 96 valence electrons. The van der Waals surface area contributed by atoms with Crippen molar-refractivity contribution in [1.82, 2.24) is 5.32 Å². The lowest BCUT2D eigenvalue weighted by molar-refractivity contribution is 0.255. The van der Waals surface area contributed by atoms with E-state index in [1.54, 1.807) is 6.20 Å². The number of nitrogens with one attached hydrogen (secondary N) is 2. The number of urea groups is 1. The topological polar surface area (TPSA) is 41.1 Å². The molecule has 1 fully saturated rings. The Labute approximate surface area is 116 Å². The van der Waals surface area contributed by atoms with Gasteiger partial charge in [0, 0.05) is 16.4 Å². The fraction of sp³-hybridized carbons (Fsp3) is 0.357. The van der Waals surface area contributed by atoms with Crippen LogP contribution in [0.15, 0.2) is 34.4 Å². The molecule has 0 radical (unpaired) electrons. The first kappa shape index (κ1) is 13.1. The van der Waals surface area contributed by atoms with E-state index in [4.69, 9.17) is 0 Å². The van der Waals surface area contributed by atoms with Crippen molar-refractivity contribution >= 4 is 27.6 Å². The van der Waals surface area contributed by atoms with Crippen LogP contribution in [0.1, 0.15) is 25.3 Å². The van der Waals surface area contributed by atoms with Gasteiger partial charge in [-0.15, -0.1) is 0 Å². The minimum Gasteiger partial charge on any atom is -0.314 e. The highest BCUT2D eigenvalue weighted by Gasteiger charge is 2.22. The molecule has 2 N–H and O–H groups in total. The summed E-state index contributed by atoms with van der Waals surface area (Å²) in [6, 6.07) is 5.53. The van der Waals surface area contributed by atoms with Gasteiger partial charge in [0.1, 0.15) is 0 Å². The third-order valence-corrected chi connectivity index (χ3v) is 3.96. The number of halogens is 1. The molecule has 1 aliphatic rings. The van der Waals surface area contributed by atoms with Gasteiger partial charge in [0.2, 0.25) is 0 Å². The number of aryl methyl sites for hydroxylation is 1. The number of allylic oxidation sites excluding steroid dienone is 1. The number of amides is 2. The van der Waals surface area contributed by atoms with Crippen molar-refractivity contribution in [3.05, 3.63) is 40.0 Å². The molecule has 1 aliphatic carbocycles. The van der Waals surface area contributed by atoms with E-state index in [9.17, 15) is 4.79 Å². The normalized spacial score (nSPS) is 15.4. The molecule has 0 heterocycles. The highest BCUT2D eigenvalue weighted by Crippen LogP contribution is 2.35. The van der Waals surface area contributed by atoms with Gasteiger partial charge in [0.25, 0.3) is 0 Å². The third kappa shape index (κ3) is 3.60. The van der Waals surface area contributed by atoms with Gasteiger partial charge in [-0.1, -0.05) is 21.5 Å².